The summed E-state index contributed by atoms with van der Waals surface area (Å²) < 4.78 is 0. The van der Waals surface area contributed by atoms with Crippen molar-refractivity contribution < 1.29 is 0 Å². The van der Waals surface area contributed by atoms with Gasteiger partial charge < -0.3 is 0 Å². The smallest absolute Gasteiger partial charge is 0.0991 e. The van der Waals surface area contributed by atoms with Crippen LogP contribution in [0.1, 0.15) is 102 Å². The highest BCUT2D eigenvalue weighted by Gasteiger charge is 2.26. The molecule has 0 N–H and O–H groups in total. The minimum Gasteiger partial charge on any atom is -0.192 e. The average Bonchev–Trinajstić information content (AvgIpc) is 2.73. The normalized spacial score (nSPS) is 25.0. The first-order valence-corrected chi connectivity index (χ1v) is 11.8. The van der Waals surface area contributed by atoms with Crippen LogP contribution in [0, 0.1) is 35.0 Å². The van der Waals surface area contributed by atoms with Crippen LogP contribution in [0.15, 0.2) is 24.3 Å². The summed E-state index contributed by atoms with van der Waals surface area (Å²) in [6.45, 7) is 2.34. The Bertz CT molecular complexity index is 567. The fourth-order valence-corrected chi connectivity index (χ4v) is 5.79. The van der Waals surface area contributed by atoms with E-state index in [4.69, 9.17) is 5.26 Å². The number of rotatable bonds is 8. The molecule has 0 spiro atoms. The lowest BCUT2D eigenvalue weighted by Crippen LogP contribution is -2.22. The van der Waals surface area contributed by atoms with E-state index in [0.29, 0.717) is 0 Å². The van der Waals surface area contributed by atoms with E-state index in [1.807, 2.05) is 12.1 Å². The van der Waals surface area contributed by atoms with Crippen molar-refractivity contribution in [3.05, 3.63) is 35.4 Å². The van der Waals surface area contributed by atoms with Crippen molar-refractivity contribution in [2.75, 3.05) is 0 Å². The molecule has 2 aliphatic rings. The highest BCUT2D eigenvalue weighted by molar-refractivity contribution is 5.31. The van der Waals surface area contributed by atoms with E-state index in [-0.39, 0.29) is 0 Å². The Hall–Kier alpha value is -1.29. The topological polar surface area (TPSA) is 23.8 Å². The second-order valence-corrected chi connectivity index (χ2v) is 9.42. The molecule has 2 aliphatic carbocycles. The molecule has 1 aromatic carbocycles. The van der Waals surface area contributed by atoms with E-state index in [1.54, 1.807) is 0 Å². The zero-order valence-electron chi connectivity index (χ0n) is 17.5. The molecule has 1 atom stereocenters. The number of benzene rings is 1. The van der Waals surface area contributed by atoms with Crippen LogP contribution in [0.4, 0.5) is 0 Å². The van der Waals surface area contributed by atoms with E-state index in [2.05, 4.69) is 25.1 Å². The average molecular weight is 366 g/mol. The summed E-state index contributed by atoms with van der Waals surface area (Å²) in [6, 6.07) is 10.7. The Morgan fingerprint density at radius 1 is 0.889 bits per heavy atom. The largest absolute Gasteiger partial charge is 0.192 e. The monoisotopic (exact) mass is 365 g/mol. The lowest BCUT2D eigenvalue weighted by atomic mass is 9.72. The predicted molar refractivity (Wildman–Crippen MR) is 115 cm³/mol. The van der Waals surface area contributed by atoms with Crippen molar-refractivity contribution in [2.24, 2.45) is 23.7 Å². The summed E-state index contributed by atoms with van der Waals surface area (Å²) in [4.78, 5) is 0. The highest BCUT2D eigenvalue weighted by atomic mass is 14.3. The molecule has 1 unspecified atom stereocenters. The van der Waals surface area contributed by atoms with Crippen LogP contribution in [0.3, 0.4) is 0 Å². The molecule has 0 aromatic heterocycles. The second-order valence-electron chi connectivity index (χ2n) is 9.42. The number of nitrogens with zero attached hydrogens (tertiary/aromatic N) is 1. The Balaban J connectivity index is 1.54. The van der Waals surface area contributed by atoms with Crippen molar-refractivity contribution in [1.82, 2.24) is 0 Å². The summed E-state index contributed by atoms with van der Waals surface area (Å²) in [7, 11) is 0. The van der Waals surface area contributed by atoms with E-state index in [0.717, 1.165) is 29.2 Å². The lowest BCUT2D eigenvalue weighted by Gasteiger charge is -2.33. The van der Waals surface area contributed by atoms with Crippen LogP contribution >= 0.6 is 0 Å². The van der Waals surface area contributed by atoms with Crippen LogP contribution in [0.5, 0.6) is 0 Å². The molecule has 0 bridgehead atoms. The summed E-state index contributed by atoms with van der Waals surface area (Å²) in [6.07, 6.45) is 20.1. The van der Waals surface area contributed by atoms with E-state index in [9.17, 15) is 0 Å². The fraction of sp³-hybridized carbons (Fsp3) is 0.731. The first kappa shape index (κ1) is 20.4. The molecule has 148 valence electrons. The molecule has 2 fully saturated rings. The Morgan fingerprint density at radius 2 is 1.52 bits per heavy atom. The summed E-state index contributed by atoms with van der Waals surface area (Å²) in [5, 5.41) is 9.04. The van der Waals surface area contributed by atoms with Crippen molar-refractivity contribution in [1.29, 1.82) is 5.26 Å². The standard InChI is InChI=1S/C26H39N/c1-2-6-21-9-11-22(12-10-21)17-18-26(25-7-4-3-5-8-25)19-23-13-15-24(20-27)16-14-23/h13-16,21-22,25-26H,2-12,17-19H2,1H3. The number of hydrogen-bond acceptors (Lipinski definition) is 1. The van der Waals surface area contributed by atoms with Gasteiger partial charge in [0.15, 0.2) is 0 Å². The summed E-state index contributed by atoms with van der Waals surface area (Å²) >= 11 is 0. The van der Waals surface area contributed by atoms with Gasteiger partial charge in [-0.2, -0.15) is 5.26 Å². The molecule has 2 saturated carbocycles. The van der Waals surface area contributed by atoms with Gasteiger partial charge in [0.2, 0.25) is 0 Å². The van der Waals surface area contributed by atoms with Gasteiger partial charge in [-0.3, -0.25) is 0 Å². The van der Waals surface area contributed by atoms with Gasteiger partial charge >= 0.3 is 0 Å². The van der Waals surface area contributed by atoms with E-state index < -0.39 is 0 Å². The Labute approximate surface area is 167 Å². The number of hydrogen-bond donors (Lipinski definition) is 0. The Kier molecular flexibility index (Phi) is 8.25. The maximum Gasteiger partial charge on any atom is 0.0991 e. The third-order valence-corrected chi connectivity index (χ3v) is 7.51. The fourth-order valence-electron chi connectivity index (χ4n) is 5.79. The van der Waals surface area contributed by atoms with Gasteiger partial charge in [0.1, 0.15) is 0 Å². The van der Waals surface area contributed by atoms with Crippen LogP contribution in [-0.2, 0) is 6.42 Å². The predicted octanol–water partition coefficient (Wildman–Crippen LogP) is 7.68. The second kappa shape index (κ2) is 10.9. The van der Waals surface area contributed by atoms with E-state index in [1.165, 1.54) is 95.5 Å². The minimum absolute atomic E-state index is 0.789. The number of nitriles is 1. The van der Waals surface area contributed by atoms with Crippen molar-refractivity contribution in [3.63, 3.8) is 0 Å². The molecule has 0 heterocycles. The lowest BCUT2D eigenvalue weighted by molar-refractivity contribution is 0.197. The third-order valence-electron chi connectivity index (χ3n) is 7.51. The van der Waals surface area contributed by atoms with Gasteiger partial charge in [0.05, 0.1) is 11.6 Å². The molecule has 0 amide bonds. The van der Waals surface area contributed by atoms with Gasteiger partial charge in [0.25, 0.3) is 0 Å². The molecular weight excluding hydrogens is 326 g/mol. The van der Waals surface area contributed by atoms with Crippen LogP contribution in [0.2, 0.25) is 0 Å². The van der Waals surface area contributed by atoms with Crippen molar-refractivity contribution in [2.45, 2.75) is 96.8 Å². The van der Waals surface area contributed by atoms with Crippen LogP contribution in [-0.4, -0.2) is 0 Å². The molecule has 0 aliphatic heterocycles. The van der Waals surface area contributed by atoms with Gasteiger partial charge in [-0.25, -0.2) is 0 Å². The molecule has 0 saturated heterocycles. The van der Waals surface area contributed by atoms with Crippen molar-refractivity contribution in [3.8, 4) is 6.07 Å². The van der Waals surface area contributed by atoms with Gasteiger partial charge in [-0.1, -0.05) is 96.1 Å². The van der Waals surface area contributed by atoms with Crippen LogP contribution < -0.4 is 0 Å². The van der Waals surface area contributed by atoms with Gasteiger partial charge in [0, 0.05) is 0 Å². The first-order chi connectivity index (χ1) is 13.3. The Morgan fingerprint density at radius 3 is 2.11 bits per heavy atom. The van der Waals surface area contributed by atoms with Crippen molar-refractivity contribution >= 4 is 0 Å². The molecule has 1 heteroatoms. The molecule has 0 radical (unpaired) electrons. The van der Waals surface area contributed by atoms with Gasteiger partial charge in [-0.15, -0.1) is 0 Å². The molecule has 3 rings (SSSR count). The quantitative estimate of drug-likeness (QED) is 0.463. The molecule has 1 nitrogen and oxygen atoms in total. The van der Waals surface area contributed by atoms with Gasteiger partial charge in [-0.05, 0) is 54.2 Å². The molecule has 1 aromatic rings. The maximum atomic E-state index is 9.04. The molecular formula is C26H39N. The van der Waals surface area contributed by atoms with Crippen LogP contribution in [0.25, 0.3) is 0 Å². The summed E-state index contributed by atoms with van der Waals surface area (Å²) in [5.74, 6) is 3.81. The SMILES string of the molecule is CCCC1CCC(CCC(Cc2ccc(C#N)cc2)C2CCCCC2)CC1. The molecule has 27 heavy (non-hydrogen) atoms. The highest BCUT2D eigenvalue weighted by Crippen LogP contribution is 2.38. The third kappa shape index (κ3) is 6.38. The zero-order chi connectivity index (χ0) is 18.9. The minimum atomic E-state index is 0.789. The zero-order valence-corrected chi connectivity index (χ0v) is 17.5. The first-order valence-electron chi connectivity index (χ1n) is 11.8. The maximum absolute atomic E-state index is 9.04. The summed E-state index contributed by atoms with van der Waals surface area (Å²) in [5.41, 5.74) is 2.23. The van der Waals surface area contributed by atoms with E-state index >= 15 is 0 Å².